The van der Waals surface area contributed by atoms with Gasteiger partial charge >= 0.3 is 0 Å². The van der Waals surface area contributed by atoms with Gasteiger partial charge < -0.3 is 5.32 Å². The molecule has 7 heteroatoms. The molecule has 0 saturated carbocycles. The Kier molecular flexibility index (Phi) is 5.46. The van der Waals surface area contributed by atoms with Crippen molar-refractivity contribution in [3.8, 4) is 0 Å². The van der Waals surface area contributed by atoms with Crippen LogP contribution in [0.1, 0.15) is 17.4 Å². The van der Waals surface area contributed by atoms with Crippen molar-refractivity contribution in [1.29, 1.82) is 0 Å². The van der Waals surface area contributed by atoms with Crippen molar-refractivity contribution in [3.05, 3.63) is 46.3 Å². The van der Waals surface area contributed by atoms with Crippen LogP contribution in [0, 0.1) is 0 Å². The van der Waals surface area contributed by atoms with E-state index in [4.69, 9.17) is 0 Å². The predicted molar refractivity (Wildman–Crippen MR) is 84.6 cm³/mol. The van der Waals surface area contributed by atoms with Gasteiger partial charge in [-0.25, -0.2) is 13.4 Å². The molecular weight excluding hydrogens is 306 g/mol. The van der Waals surface area contributed by atoms with Crippen LogP contribution in [-0.4, -0.2) is 31.3 Å². The van der Waals surface area contributed by atoms with Gasteiger partial charge in [-0.3, -0.25) is 0 Å². The molecule has 0 aliphatic carbocycles. The van der Waals surface area contributed by atoms with Crippen molar-refractivity contribution in [1.82, 2.24) is 14.6 Å². The van der Waals surface area contributed by atoms with Gasteiger partial charge in [0.25, 0.3) is 10.0 Å². The number of hydrogen-bond acceptors (Lipinski definition) is 5. The number of pyridine rings is 1. The maximum atomic E-state index is 12.4. The summed E-state index contributed by atoms with van der Waals surface area (Å²) in [5.74, 6) is 0. The summed E-state index contributed by atoms with van der Waals surface area (Å²) in [5, 5.41) is 5.20. The molecule has 2 rings (SSSR count). The molecule has 1 N–H and O–H groups in total. The van der Waals surface area contributed by atoms with E-state index in [0.29, 0.717) is 13.1 Å². The fourth-order valence-electron chi connectivity index (χ4n) is 1.80. The highest BCUT2D eigenvalue weighted by Crippen LogP contribution is 2.17. The van der Waals surface area contributed by atoms with Gasteiger partial charge in [-0.15, -0.1) is 11.3 Å². The second-order valence-corrected chi connectivity index (χ2v) is 7.65. The van der Waals surface area contributed by atoms with Gasteiger partial charge in [-0.2, -0.15) is 4.31 Å². The quantitative estimate of drug-likeness (QED) is 0.846. The second-order valence-electron chi connectivity index (χ2n) is 4.63. The van der Waals surface area contributed by atoms with Crippen LogP contribution in [0.5, 0.6) is 0 Å². The Hall–Kier alpha value is -1.28. The second kappa shape index (κ2) is 7.13. The molecule has 0 fully saturated rings. The Bertz CT molecular complexity index is 652. The lowest BCUT2D eigenvalue weighted by Crippen LogP contribution is -2.27. The van der Waals surface area contributed by atoms with E-state index in [9.17, 15) is 8.42 Å². The van der Waals surface area contributed by atoms with Crippen LogP contribution in [0.4, 0.5) is 0 Å². The van der Waals surface area contributed by atoms with E-state index in [1.54, 1.807) is 25.4 Å². The van der Waals surface area contributed by atoms with Crippen molar-refractivity contribution >= 4 is 21.4 Å². The SMILES string of the molecule is CCNCc1ccc(S(=O)(=O)N(C)Cc2cccs2)nc1. The van der Waals surface area contributed by atoms with Crippen LogP contribution < -0.4 is 5.32 Å². The Balaban J connectivity index is 2.11. The number of nitrogens with zero attached hydrogens (tertiary/aromatic N) is 2. The summed E-state index contributed by atoms with van der Waals surface area (Å²) < 4.78 is 26.2. The molecule has 0 spiro atoms. The van der Waals surface area contributed by atoms with Crippen molar-refractivity contribution in [3.63, 3.8) is 0 Å². The summed E-state index contributed by atoms with van der Waals surface area (Å²) in [6, 6.07) is 7.19. The largest absolute Gasteiger partial charge is 0.313 e. The lowest BCUT2D eigenvalue weighted by Gasteiger charge is -2.15. The van der Waals surface area contributed by atoms with E-state index in [0.717, 1.165) is 17.0 Å². The van der Waals surface area contributed by atoms with Crippen LogP contribution in [-0.2, 0) is 23.1 Å². The lowest BCUT2D eigenvalue weighted by molar-refractivity contribution is 0.466. The lowest BCUT2D eigenvalue weighted by atomic mass is 10.3. The average Bonchev–Trinajstić information content (AvgIpc) is 2.98. The highest BCUT2D eigenvalue weighted by atomic mass is 32.2. The molecule has 2 heterocycles. The topological polar surface area (TPSA) is 62.3 Å². The first-order valence-corrected chi connectivity index (χ1v) is 9.00. The zero-order valence-electron chi connectivity index (χ0n) is 12.1. The molecule has 0 amide bonds. The summed E-state index contributed by atoms with van der Waals surface area (Å²) in [4.78, 5) is 5.09. The Morgan fingerprint density at radius 1 is 1.33 bits per heavy atom. The van der Waals surface area contributed by atoms with Crippen molar-refractivity contribution in [2.75, 3.05) is 13.6 Å². The first kappa shape index (κ1) is 16.1. The zero-order valence-corrected chi connectivity index (χ0v) is 13.7. The van der Waals surface area contributed by atoms with Crippen molar-refractivity contribution < 1.29 is 8.42 Å². The first-order valence-electron chi connectivity index (χ1n) is 6.68. The fraction of sp³-hybridized carbons (Fsp3) is 0.357. The van der Waals surface area contributed by atoms with Crippen molar-refractivity contribution in [2.45, 2.75) is 25.0 Å². The molecule has 21 heavy (non-hydrogen) atoms. The highest BCUT2D eigenvalue weighted by molar-refractivity contribution is 7.89. The zero-order chi connectivity index (χ0) is 15.3. The number of nitrogens with one attached hydrogen (secondary N) is 1. The standard InChI is InChI=1S/C14H19N3O2S2/c1-3-15-9-12-6-7-14(16-10-12)21(18,19)17(2)11-13-5-4-8-20-13/h4-8,10,15H,3,9,11H2,1-2H3. The number of thiophene rings is 1. The molecule has 0 aromatic carbocycles. The molecule has 2 aromatic heterocycles. The summed E-state index contributed by atoms with van der Waals surface area (Å²) in [6.07, 6.45) is 1.61. The van der Waals surface area contributed by atoms with E-state index < -0.39 is 10.0 Å². The smallest absolute Gasteiger partial charge is 0.260 e. The molecule has 0 unspecified atom stereocenters. The molecule has 0 atom stereocenters. The fourth-order valence-corrected chi connectivity index (χ4v) is 3.70. The van der Waals surface area contributed by atoms with Gasteiger partial charge in [0.2, 0.25) is 0 Å². The molecule has 0 saturated heterocycles. The third-order valence-electron chi connectivity index (χ3n) is 3.01. The summed E-state index contributed by atoms with van der Waals surface area (Å²) >= 11 is 1.54. The highest BCUT2D eigenvalue weighted by Gasteiger charge is 2.22. The monoisotopic (exact) mass is 325 g/mol. The van der Waals surface area contributed by atoms with Gasteiger partial charge in [-0.05, 0) is 29.6 Å². The first-order chi connectivity index (χ1) is 10.0. The number of hydrogen-bond donors (Lipinski definition) is 1. The Labute approximate surface area is 129 Å². The third kappa shape index (κ3) is 4.10. The van der Waals surface area contributed by atoms with Gasteiger partial charge in [0.05, 0.1) is 0 Å². The van der Waals surface area contributed by atoms with E-state index in [1.165, 1.54) is 15.6 Å². The van der Waals surface area contributed by atoms with Crippen LogP contribution in [0.25, 0.3) is 0 Å². The van der Waals surface area contributed by atoms with Crippen LogP contribution >= 0.6 is 11.3 Å². The normalized spacial score (nSPS) is 12.0. The Morgan fingerprint density at radius 3 is 2.71 bits per heavy atom. The summed E-state index contributed by atoms with van der Waals surface area (Å²) in [5.41, 5.74) is 0.969. The predicted octanol–water partition coefficient (Wildman–Crippen LogP) is 2.07. The minimum absolute atomic E-state index is 0.0850. The maximum absolute atomic E-state index is 12.4. The van der Waals surface area contributed by atoms with Crippen LogP contribution in [0.2, 0.25) is 0 Å². The van der Waals surface area contributed by atoms with Gasteiger partial charge in [0, 0.05) is 31.2 Å². The molecule has 5 nitrogen and oxygen atoms in total. The molecule has 0 radical (unpaired) electrons. The minimum atomic E-state index is -3.54. The van der Waals surface area contributed by atoms with E-state index in [-0.39, 0.29) is 5.03 Å². The minimum Gasteiger partial charge on any atom is -0.313 e. The molecule has 0 aliphatic heterocycles. The van der Waals surface area contributed by atoms with Crippen LogP contribution in [0.15, 0.2) is 40.9 Å². The molecular formula is C14H19N3O2S2. The molecule has 2 aromatic rings. The third-order valence-corrected chi connectivity index (χ3v) is 5.59. The van der Waals surface area contributed by atoms with Gasteiger partial charge in [0.15, 0.2) is 5.03 Å². The van der Waals surface area contributed by atoms with Gasteiger partial charge in [-0.1, -0.05) is 19.1 Å². The molecule has 114 valence electrons. The molecule has 0 aliphatic rings. The summed E-state index contributed by atoms with van der Waals surface area (Å²) in [6.45, 7) is 3.94. The maximum Gasteiger partial charge on any atom is 0.260 e. The van der Waals surface area contributed by atoms with Crippen LogP contribution in [0.3, 0.4) is 0 Å². The Morgan fingerprint density at radius 2 is 2.14 bits per heavy atom. The van der Waals surface area contributed by atoms with E-state index in [1.807, 2.05) is 24.4 Å². The average molecular weight is 325 g/mol. The van der Waals surface area contributed by atoms with Gasteiger partial charge in [0.1, 0.15) is 0 Å². The van der Waals surface area contributed by atoms with E-state index >= 15 is 0 Å². The van der Waals surface area contributed by atoms with E-state index in [2.05, 4.69) is 10.3 Å². The van der Waals surface area contributed by atoms with Crippen molar-refractivity contribution in [2.24, 2.45) is 0 Å². The number of aromatic nitrogens is 1. The molecule has 0 bridgehead atoms. The number of rotatable bonds is 7. The number of sulfonamides is 1. The summed E-state index contributed by atoms with van der Waals surface area (Å²) in [7, 11) is -1.97.